The predicted molar refractivity (Wildman–Crippen MR) is 114 cm³/mol. The SMILES string of the molecule is C[C@]12CC[C@@H]3c4ccc(O)cc4CC[C@H]3[C@@H]1CCC2=O.O=C(O)[C@H]1OC(O)[C@H](O)[C@@H](O)[C@@H]1O. The van der Waals surface area contributed by atoms with E-state index in [0.717, 1.165) is 32.1 Å². The number of phenols is 1. The number of carbonyl (C=O) groups is 2. The van der Waals surface area contributed by atoms with Crippen molar-refractivity contribution in [1.82, 2.24) is 0 Å². The number of hydrogen-bond acceptors (Lipinski definition) is 8. The molecule has 1 aromatic carbocycles. The number of ketones is 1. The fourth-order valence-electron chi connectivity index (χ4n) is 6.41. The van der Waals surface area contributed by atoms with E-state index in [1.54, 1.807) is 0 Å². The number of ether oxygens (including phenoxy) is 1. The van der Waals surface area contributed by atoms with Gasteiger partial charge in [0.15, 0.2) is 12.4 Å². The molecular formula is C24H32O9. The van der Waals surface area contributed by atoms with Crippen molar-refractivity contribution >= 4 is 11.8 Å². The Labute approximate surface area is 191 Å². The van der Waals surface area contributed by atoms with Crippen molar-refractivity contribution in [2.24, 2.45) is 17.3 Å². The van der Waals surface area contributed by atoms with Gasteiger partial charge in [-0.3, -0.25) is 4.79 Å². The lowest BCUT2D eigenvalue weighted by Gasteiger charge is -2.48. The smallest absolute Gasteiger partial charge is 0.335 e. The minimum atomic E-state index is -1.81. The van der Waals surface area contributed by atoms with E-state index < -0.39 is 36.7 Å². The zero-order valence-electron chi connectivity index (χ0n) is 18.5. The zero-order chi connectivity index (χ0) is 24.1. The first-order valence-corrected chi connectivity index (χ1v) is 11.5. The highest BCUT2D eigenvalue weighted by atomic mass is 16.6. The molecule has 1 aliphatic heterocycles. The minimum Gasteiger partial charge on any atom is -0.508 e. The number of benzene rings is 1. The van der Waals surface area contributed by atoms with Gasteiger partial charge >= 0.3 is 5.97 Å². The molecule has 0 amide bonds. The molecule has 1 unspecified atom stereocenters. The molecule has 0 aromatic heterocycles. The molecule has 3 aliphatic carbocycles. The molecule has 33 heavy (non-hydrogen) atoms. The summed E-state index contributed by atoms with van der Waals surface area (Å²) in [7, 11) is 0. The average Bonchev–Trinajstić information content (AvgIpc) is 3.09. The van der Waals surface area contributed by atoms with Gasteiger partial charge in [0.2, 0.25) is 0 Å². The minimum absolute atomic E-state index is 0.0322. The first kappa shape index (κ1) is 24.1. The van der Waals surface area contributed by atoms with Crippen LogP contribution in [-0.4, -0.2) is 73.1 Å². The van der Waals surface area contributed by atoms with Gasteiger partial charge in [-0.1, -0.05) is 13.0 Å². The Morgan fingerprint density at radius 1 is 1.03 bits per heavy atom. The number of aliphatic hydroxyl groups excluding tert-OH is 4. The third kappa shape index (κ3) is 4.17. The number of Topliss-reactive ketones (excluding diaryl/α,β-unsaturated/α-hetero) is 1. The fourth-order valence-corrected chi connectivity index (χ4v) is 6.41. The lowest BCUT2D eigenvalue weighted by Crippen LogP contribution is -2.59. The lowest BCUT2D eigenvalue weighted by atomic mass is 9.55. The van der Waals surface area contributed by atoms with Crippen molar-refractivity contribution in [3.63, 3.8) is 0 Å². The molecule has 2 saturated carbocycles. The summed E-state index contributed by atoms with van der Waals surface area (Å²) >= 11 is 0. The van der Waals surface area contributed by atoms with Crippen LogP contribution < -0.4 is 0 Å². The number of rotatable bonds is 1. The molecule has 0 spiro atoms. The van der Waals surface area contributed by atoms with E-state index in [2.05, 4.69) is 17.7 Å². The van der Waals surface area contributed by atoms with Gasteiger partial charge < -0.3 is 35.4 Å². The average molecular weight is 465 g/mol. The van der Waals surface area contributed by atoms with Gasteiger partial charge in [0.05, 0.1) is 0 Å². The topological polar surface area (TPSA) is 165 Å². The first-order valence-electron chi connectivity index (χ1n) is 11.5. The maximum absolute atomic E-state index is 12.3. The molecular weight excluding hydrogens is 432 g/mol. The normalized spacial score (nSPS) is 41.8. The van der Waals surface area contributed by atoms with E-state index in [4.69, 9.17) is 25.5 Å². The number of carbonyl (C=O) groups excluding carboxylic acids is 1. The van der Waals surface area contributed by atoms with Crippen LogP contribution in [0.3, 0.4) is 0 Å². The second-order valence-corrected chi connectivity index (χ2v) is 9.97. The number of hydrogen-bond donors (Lipinski definition) is 6. The van der Waals surface area contributed by atoms with Crippen molar-refractivity contribution in [3.8, 4) is 5.75 Å². The zero-order valence-corrected chi connectivity index (χ0v) is 18.5. The number of aromatic hydroxyl groups is 1. The summed E-state index contributed by atoms with van der Waals surface area (Å²) in [6.07, 6.45) is -2.38. The number of aliphatic hydroxyl groups is 4. The van der Waals surface area contributed by atoms with E-state index in [1.807, 2.05) is 12.1 Å². The third-order valence-corrected chi connectivity index (χ3v) is 8.25. The van der Waals surface area contributed by atoms with Crippen LogP contribution in [-0.2, 0) is 20.7 Å². The van der Waals surface area contributed by atoms with Crippen LogP contribution in [0.25, 0.3) is 0 Å². The molecule has 9 atom stereocenters. The monoisotopic (exact) mass is 464 g/mol. The van der Waals surface area contributed by atoms with E-state index in [9.17, 15) is 14.7 Å². The summed E-state index contributed by atoms with van der Waals surface area (Å²) in [5.41, 5.74) is 2.75. The molecule has 1 heterocycles. The van der Waals surface area contributed by atoms with Gasteiger partial charge in [-0.25, -0.2) is 4.79 Å². The summed E-state index contributed by atoms with van der Waals surface area (Å²) < 4.78 is 4.34. The van der Waals surface area contributed by atoms with Gasteiger partial charge in [0.1, 0.15) is 29.8 Å². The van der Waals surface area contributed by atoms with Gasteiger partial charge in [0.25, 0.3) is 0 Å². The number of aryl methyl sites for hydroxylation is 1. The second kappa shape index (κ2) is 8.96. The Kier molecular flexibility index (Phi) is 6.54. The molecule has 0 radical (unpaired) electrons. The van der Waals surface area contributed by atoms with E-state index >= 15 is 0 Å². The van der Waals surface area contributed by atoms with Crippen LogP contribution in [0.2, 0.25) is 0 Å². The van der Waals surface area contributed by atoms with Crippen LogP contribution in [0.15, 0.2) is 18.2 Å². The Morgan fingerprint density at radius 2 is 1.76 bits per heavy atom. The van der Waals surface area contributed by atoms with E-state index in [0.29, 0.717) is 29.3 Å². The molecule has 9 nitrogen and oxygen atoms in total. The standard InChI is InChI=1S/C18H22O2.C6H10O7/c1-18-9-8-14-13-5-3-12(19)10-11(13)2-4-15(14)16(18)6-7-17(18)20;7-1-2(8)4(5(10)11)13-6(12)3(1)9/h3,5,10,14-16,19H,2,4,6-9H2,1H3;1-4,6-9,12H,(H,10,11)/t14-,15-,16+,18+;1-,2-,3+,4-,6?/m10/s1. The summed E-state index contributed by atoms with van der Waals surface area (Å²) in [6, 6.07) is 5.90. The van der Waals surface area contributed by atoms with Crippen LogP contribution in [0.4, 0.5) is 0 Å². The second-order valence-electron chi connectivity index (χ2n) is 9.97. The van der Waals surface area contributed by atoms with Crippen molar-refractivity contribution < 1.29 is 45.0 Å². The maximum Gasteiger partial charge on any atom is 0.335 e. The molecule has 3 fully saturated rings. The number of fused-ring (bicyclic) bond motifs is 5. The molecule has 0 bridgehead atoms. The molecule has 5 rings (SSSR count). The van der Waals surface area contributed by atoms with Crippen molar-refractivity contribution in [2.45, 2.75) is 82.1 Å². The van der Waals surface area contributed by atoms with Crippen LogP contribution in [0, 0.1) is 17.3 Å². The Balaban J connectivity index is 0.000000174. The van der Waals surface area contributed by atoms with Crippen molar-refractivity contribution in [3.05, 3.63) is 29.3 Å². The van der Waals surface area contributed by atoms with Gasteiger partial charge in [-0.05, 0) is 73.1 Å². The summed E-state index contributed by atoms with van der Waals surface area (Å²) in [5, 5.41) is 54.0. The highest BCUT2D eigenvalue weighted by Crippen LogP contribution is 2.59. The number of phenolic OH excluding ortho intramolecular Hbond substituents is 1. The number of carboxylic acids is 1. The molecule has 9 heteroatoms. The quantitative estimate of drug-likeness (QED) is 0.351. The van der Waals surface area contributed by atoms with E-state index in [-0.39, 0.29) is 5.41 Å². The number of aliphatic carboxylic acids is 1. The van der Waals surface area contributed by atoms with Crippen molar-refractivity contribution in [1.29, 1.82) is 0 Å². The number of carboxylic acid groups (broad SMARTS) is 1. The third-order valence-electron chi connectivity index (χ3n) is 8.25. The highest BCUT2D eigenvalue weighted by molar-refractivity contribution is 5.87. The summed E-state index contributed by atoms with van der Waals surface area (Å²) in [6.45, 7) is 2.22. The van der Waals surface area contributed by atoms with Crippen LogP contribution in [0.1, 0.15) is 56.1 Å². The van der Waals surface area contributed by atoms with Gasteiger partial charge in [-0.2, -0.15) is 0 Å². The highest BCUT2D eigenvalue weighted by Gasteiger charge is 2.54. The summed E-state index contributed by atoms with van der Waals surface area (Å²) in [5.74, 6) is 1.27. The van der Waals surface area contributed by atoms with Crippen molar-refractivity contribution in [2.75, 3.05) is 0 Å². The summed E-state index contributed by atoms with van der Waals surface area (Å²) in [4.78, 5) is 22.6. The van der Waals surface area contributed by atoms with Gasteiger partial charge in [-0.15, -0.1) is 0 Å². The Bertz CT molecular complexity index is 917. The Morgan fingerprint density at radius 3 is 2.45 bits per heavy atom. The fraction of sp³-hybridized carbons (Fsp3) is 0.667. The largest absolute Gasteiger partial charge is 0.508 e. The van der Waals surface area contributed by atoms with E-state index in [1.165, 1.54) is 17.5 Å². The molecule has 182 valence electrons. The van der Waals surface area contributed by atoms with Crippen LogP contribution >= 0.6 is 0 Å². The Hall–Kier alpha value is -2.04. The van der Waals surface area contributed by atoms with Gasteiger partial charge in [0, 0.05) is 11.8 Å². The molecule has 1 saturated heterocycles. The first-order chi connectivity index (χ1) is 15.5. The molecule has 6 N–H and O–H groups in total. The molecule has 4 aliphatic rings. The van der Waals surface area contributed by atoms with Crippen LogP contribution in [0.5, 0.6) is 5.75 Å². The lowest BCUT2D eigenvalue weighted by molar-refractivity contribution is -0.279. The maximum atomic E-state index is 12.3. The predicted octanol–water partition coefficient (Wildman–Crippen LogP) is 0.688. The molecule has 1 aromatic rings.